The van der Waals surface area contributed by atoms with Gasteiger partial charge in [0.2, 0.25) is 0 Å². The van der Waals surface area contributed by atoms with Gasteiger partial charge in [0.15, 0.2) is 0 Å². The molecule has 1 heterocycles. The van der Waals surface area contributed by atoms with Gasteiger partial charge in [-0.1, -0.05) is 37.3 Å². The Morgan fingerprint density at radius 2 is 2.00 bits per heavy atom. The fourth-order valence-electron chi connectivity index (χ4n) is 3.37. The van der Waals surface area contributed by atoms with E-state index in [0.717, 1.165) is 51.2 Å². The fourth-order valence-corrected chi connectivity index (χ4v) is 3.37. The summed E-state index contributed by atoms with van der Waals surface area (Å²) >= 11 is 0. The Labute approximate surface area is 128 Å². The quantitative estimate of drug-likeness (QED) is 0.781. The third-order valence-corrected chi connectivity index (χ3v) is 4.70. The van der Waals surface area contributed by atoms with Crippen LogP contribution >= 0.6 is 0 Å². The minimum Gasteiger partial charge on any atom is -0.380 e. The van der Waals surface area contributed by atoms with Crippen LogP contribution in [-0.2, 0) is 4.74 Å². The second-order valence-corrected chi connectivity index (χ2v) is 6.38. The Hall–Kier alpha value is -0.900. The average Bonchev–Trinajstić information content (AvgIpc) is 3.37. The predicted molar refractivity (Wildman–Crippen MR) is 86.4 cm³/mol. The lowest BCUT2D eigenvalue weighted by molar-refractivity contribution is 0.0584. The van der Waals surface area contributed by atoms with Gasteiger partial charge in [0.05, 0.1) is 6.61 Å². The first-order valence-electron chi connectivity index (χ1n) is 8.48. The molecule has 1 aliphatic carbocycles. The Balaban J connectivity index is 1.58. The Morgan fingerprint density at radius 3 is 2.71 bits per heavy atom. The van der Waals surface area contributed by atoms with E-state index in [1.165, 1.54) is 18.4 Å². The molecule has 2 fully saturated rings. The van der Waals surface area contributed by atoms with Crippen molar-refractivity contribution < 1.29 is 4.74 Å². The lowest BCUT2D eigenvalue weighted by Crippen LogP contribution is -2.54. The predicted octanol–water partition coefficient (Wildman–Crippen LogP) is 2.84. The summed E-state index contributed by atoms with van der Waals surface area (Å²) in [5.74, 6) is 0.917. The van der Waals surface area contributed by atoms with Gasteiger partial charge in [-0.25, -0.2) is 0 Å². The van der Waals surface area contributed by atoms with E-state index in [-0.39, 0.29) is 0 Å². The molecule has 21 heavy (non-hydrogen) atoms. The molecule has 1 aliphatic heterocycles. The summed E-state index contributed by atoms with van der Waals surface area (Å²) in [7, 11) is 0. The van der Waals surface area contributed by atoms with Crippen molar-refractivity contribution in [1.82, 2.24) is 10.2 Å². The lowest BCUT2D eigenvalue weighted by Gasteiger charge is -2.41. The Kier molecular flexibility index (Phi) is 5.28. The largest absolute Gasteiger partial charge is 0.380 e. The molecule has 0 aromatic heterocycles. The fraction of sp³-hybridized carbons (Fsp3) is 0.667. The molecule has 2 aliphatic rings. The van der Waals surface area contributed by atoms with Crippen molar-refractivity contribution in [3.63, 3.8) is 0 Å². The summed E-state index contributed by atoms with van der Waals surface area (Å²) in [5.41, 5.74) is 1.41. The van der Waals surface area contributed by atoms with Crippen LogP contribution in [0.25, 0.3) is 0 Å². The van der Waals surface area contributed by atoms with Crippen LogP contribution in [0.4, 0.5) is 0 Å². The highest BCUT2D eigenvalue weighted by Crippen LogP contribution is 2.37. The van der Waals surface area contributed by atoms with Gasteiger partial charge in [0.25, 0.3) is 0 Å². The third kappa shape index (κ3) is 4.06. The van der Waals surface area contributed by atoms with Crippen molar-refractivity contribution in [3.05, 3.63) is 35.9 Å². The maximum atomic E-state index is 5.71. The lowest BCUT2D eigenvalue weighted by atomic mass is 9.99. The van der Waals surface area contributed by atoms with Gasteiger partial charge in [-0.05, 0) is 30.7 Å². The van der Waals surface area contributed by atoms with E-state index in [4.69, 9.17) is 4.74 Å². The van der Waals surface area contributed by atoms with Crippen LogP contribution in [0.3, 0.4) is 0 Å². The molecule has 0 bridgehead atoms. The van der Waals surface area contributed by atoms with Gasteiger partial charge in [0, 0.05) is 38.3 Å². The number of hydrogen-bond donors (Lipinski definition) is 1. The van der Waals surface area contributed by atoms with Gasteiger partial charge in [-0.15, -0.1) is 0 Å². The van der Waals surface area contributed by atoms with Gasteiger partial charge in [-0.2, -0.15) is 0 Å². The molecule has 3 nitrogen and oxygen atoms in total. The van der Waals surface area contributed by atoms with E-state index in [0.29, 0.717) is 6.04 Å². The molecular weight excluding hydrogens is 260 g/mol. The second-order valence-electron chi connectivity index (χ2n) is 6.38. The number of hydrogen-bond acceptors (Lipinski definition) is 3. The molecule has 1 saturated carbocycles. The van der Waals surface area contributed by atoms with Crippen LogP contribution in [0.2, 0.25) is 0 Å². The van der Waals surface area contributed by atoms with Gasteiger partial charge in [0.1, 0.15) is 0 Å². The van der Waals surface area contributed by atoms with Crippen molar-refractivity contribution in [3.8, 4) is 0 Å². The van der Waals surface area contributed by atoms with E-state index in [1.807, 2.05) is 0 Å². The monoisotopic (exact) mass is 288 g/mol. The first-order valence-corrected chi connectivity index (χ1v) is 8.48. The van der Waals surface area contributed by atoms with Crippen molar-refractivity contribution in [2.45, 2.75) is 38.3 Å². The van der Waals surface area contributed by atoms with E-state index >= 15 is 0 Å². The zero-order valence-corrected chi connectivity index (χ0v) is 13.1. The average molecular weight is 288 g/mol. The molecule has 0 radical (unpaired) electrons. The molecule has 1 saturated heterocycles. The van der Waals surface area contributed by atoms with E-state index < -0.39 is 0 Å². The standard InChI is InChI=1S/C18H28N2O/c1-2-11-21-12-10-20-14-17(15-6-4-3-5-7-15)19-13-18(20)16-8-9-16/h3-7,16-19H,2,8-14H2,1H3. The van der Waals surface area contributed by atoms with E-state index in [1.54, 1.807) is 0 Å². The highest BCUT2D eigenvalue weighted by atomic mass is 16.5. The van der Waals surface area contributed by atoms with Crippen molar-refractivity contribution in [2.75, 3.05) is 32.8 Å². The molecule has 3 heteroatoms. The number of rotatable bonds is 7. The zero-order valence-electron chi connectivity index (χ0n) is 13.1. The topological polar surface area (TPSA) is 24.5 Å². The Bertz CT molecular complexity index is 418. The molecule has 3 rings (SSSR count). The number of piperazine rings is 1. The molecule has 0 amide bonds. The smallest absolute Gasteiger partial charge is 0.0593 e. The summed E-state index contributed by atoms with van der Waals surface area (Å²) in [5, 5.41) is 3.76. The van der Waals surface area contributed by atoms with E-state index in [9.17, 15) is 0 Å². The molecule has 116 valence electrons. The molecule has 1 N–H and O–H groups in total. The highest BCUT2D eigenvalue weighted by Gasteiger charge is 2.38. The summed E-state index contributed by atoms with van der Waals surface area (Å²) < 4.78 is 5.71. The highest BCUT2D eigenvalue weighted by molar-refractivity contribution is 5.20. The van der Waals surface area contributed by atoms with Gasteiger partial charge < -0.3 is 10.1 Å². The minimum absolute atomic E-state index is 0.465. The summed E-state index contributed by atoms with van der Waals surface area (Å²) in [6.07, 6.45) is 3.93. The molecule has 2 unspecified atom stereocenters. The SMILES string of the molecule is CCCOCCN1CC(c2ccccc2)NCC1C1CC1. The van der Waals surface area contributed by atoms with Gasteiger partial charge in [-0.3, -0.25) is 4.90 Å². The zero-order chi connectivity index (χ0) is 14.5. The number of nitrogens with one attached hydrogen (secondary N) is 1. The molecule has 1 aromatic rings. The Morgan fingerprint density at radius 1 is 1.19 bits per heavy atom. The maximum Gasteiger partial charge on any atom is 0.0593 e. The summed E-state index contributed by atoms with van der Waals surface area (Å²) in [4.78, 5) is 2.67. The molecule has 0 spiro atoms. The van der Waals surface area contributed by atoms with E-state index in [2.05, 4.69) is 47.5 Å². The second kappa shape index (κ2) is 7.39. The first-order chi connectivity index (χ1) is 10.4. The summed E-state index contributed by atoms with van der Waals surface area (Å²) in [6.45, 7) is 7.25. The van der Waals surface area contributed by atoms with Crippen molar-refractivity contribution >= 4 is 0 Å². The summed E-state index contributed by atoms with van der Waals surface area (Å²) in [6, 6.07) is 12.0. The molecule has 1 aromatic carbocycles. The van der Waals surface area contributed by atoms with Crippen LogP contribution in [0.1, 0.15) is 37.8 Å². The normalized spacial score (nSPS) is 26.9. The first kappa shape index (κ1) is 15.0. The molecular formula is C18H28N2O. The van der Waals surface area contributed by atoms with Crippen molar-refractivity contribution in [2.24, 2.45) is 5.92 Å². The number of nitrogens with zero attached hydrogens (tertiary/aromatic N) is 1. The van der Waals surface area contributed by atoms with Crippen LogP contribution in [0.15, 0.2) is 30.3 Å². The van der Waals surface area contributed by atoms with Crippen molar-refractivity contribution in [1.29, 1.82) is 0 Å². The maximum absolute atomic E-state index is 5.71. The molecule has 2 atom stereocenters. The van der Waals surface area contributed by atoms with Crippen LogP contribution in [-0.4, -0.2) is 43.8 Å². The number of benzene rings is 1. The van der Waals surface area contributed by atoms with Crippen LogP contribution in [0.5, 0.6) is 0 Å². The third-order valence-electron chi connectivity index (χ3n) is 4.70. The van der Waals surface area contributed by atoms with Crippen LogP contribution in [0, 0.1) is 5.92 Å². The van der Waals surface area contributed by atoms with Crippen LogP contribution < -0.4 is 5.32 Å². The van der Waals surface area contributed by atoms with Gasteiger partial charge >= 0.3 is 0 Å². The minimum atomic E-state index is 0.465. The number of ether oxygens (including phenoxy) is 1.